The molecule has 2 rings (SSSR count). The minimum Gasteiger partial charge on any atom is -0.400 e. The van der Waals surface area contributed by atoms with E-state index in [1.165, 1.54) is 11.1 Å². The number of ether oxygens (including phenoxy) is 2. The van der Waals surface area contributed by atoms with Gasteiger partial charge in [0.25, 0.3) is 0 Å². The molecule has 26 heavy (non-hydrogen) atoms. The van der Waals surface area contributed by atoms with E-state index in [-0.39, 0.29) is 11.8 Å². The van der Waals surface area contributed by atoms with Crippen LogP contribution in [0.4, 0.5) is 0 Å². The molecule has 0 radical (unpaired) electrons. The van der Waals surface area contributed by atoms with Gasteiger partial charge in [-0.2, -0.15) is 0 Å². The summed E-state index contributed by atoms with van der Waals surface area (Å²) in [5.41, 5.74) is 16.1. The Morgan fingerprint density at radius 2 is 1.08 bits per heavy atom. The van der Waals surface area contributed by atoms with E-state index in [9.17, 15) is 0 Å². The summed E-state index contributed by atoms with van der Waals surface area (Å²) < 4.78 is 12.1. The number of hydrogen-bond donors (Lipinski definition) is 2. The topological polar surface area (TPSA) is 70.5 Å². The van der Waals surface area contributed by atoms with Gasteiger partial charge in [0.1, 0.15) is 11.2 Å². The summed E-state index contributed by atoms with van der Waals surface area (Å²) in [6.45, 7) is 8.70. The number of allylic oxidation sites excluding steroid dienone is 4. The minimum atomic E-state index is -0.452. The van der Waals surface area contributed by atoms with Gasteiger partial charge >= 0.3 is 0 Å². The van der Waals surface area contributed by atoms with Gasteiger partial charge in [0.2, 0.25) is 0 Å². The highest BCUT2D eigenvalue weighted by atomic mass is 16.5. The van der Waals surface area contributed by atoms with Crippen LogP contribution in [0.3, 0.4) is 0 Å². The second-order valence-electron chi connectivity index (χ2n) is 7.30. The molecule has 0 spiro atoms. The fourth-order valence-electron chi connectivity index (χ4n) is 5.18. The quantitative estimate of drug-likeness (QED) is 0.714. The van der Waals surface area contributed by atoms with Crippen LogP contribution < -0.4 is 11.5 Å². The van der Waals surface area contributed by atoms with Gasteiger partial charge in [-0.25, -0.2) is 0 Å². The molecule has 2 aliphatic carbocycles. The van der Waals surface area contributed by atoms with E-state index >= 15 is 0 Å². The van der Waals surface area contributed by atoms with E-state index in [1.54, 1.807) is 14.2 Å². The monoisotopic (exact) mass is 360 g/mol. The molecule has 4 heteroatoms. The molecule has 0 fully saturated rings. The molecule has 4 nitrogen and oxygen atoms in total. The standard InChI is InChI=1S/C22H36N2O2/c1-7-17-15(11-13-19(23)21(17,9-3)25-5)16-12-14-20(24)22(10-4,26-6)18(16)8-2/h11-14,17-18H,7-10,23-24H2,1-6H3. The molecule has 4 atom stereocenters. The Morgan fingerprint density at radius 1 is 0.731 bits per heavy atom. The number of methoxy groups -OCH3 is 2. The maximum atomic E-state index is 6.40. The number of nitrogens with two attached hydrogens (primary N) is 2. The molecule has 0 aromatic rings. The minimum absolute atomic E-state index is 0.210. The Kier molecular flexibility index (Phi) is 6.41. The van der Waals surface area contributed by atoms with E-state index in [4.69, 9.17) is 20.9 Å². The molecule has 0 saturated carbocycles. The zero-order valence-electron chi connectivity index (χ0n) is 17.3. The number of hydrogen-bond acceptors (Lipinski definition) is 4. The van der Waals surface area contributed by atoms with Crippen LogP contribution in [0.5, 0.6) is 0 Å². The normalized spacial score (nSPS) is 34.7. The van der Waals surface area contributed by atoms with Crippen molar-refractivity contribution in [3.8, 4) is 0 Å². The molecule has 0 amide bonds. The van der Waals surface area contributed by atoms with Crippen LogP contribution in [-0.4, -0.2) is 25.4 Å². The Morgan fingerprint density at radius 3 is 1.31 bits per heavy atom. The Hall–Kier alpha value is -1.52. The first kappa shape index (κ1) is 20.8. The Bertz CT molecular complexity index is 579. The molecule has 0 aromatic carbocycles. The van der Waals surface area contributed by atoms with Gasteiger partial charge in [-0.1, -0.05) is 39.8 Å². The molecule has 146 valence electrons. The zero-order valence-corrected chi connectivity index (χ0v) is 17.3. The first-order chi connectivity index (χ1) is 12.4. The highest BCUT2D eigenvalue weighted by Crippen LogP contribution is 2.49. The smallest absolute Gasteiger partial charge is 0.113 e. The van der Waals surface area contributed by atoms with Crippen molar-refractivity contribution >= 4 is 0 Å². The molecule has 4 N–H and O–H groups in total. The van der Waals surface area contributed by atoms with Crippen molar-refractivity contribution in [2.24, 2.45) is 23.3 Å². The first-order valence-electron chi connectivity index (χ1n) is 9.88. The van der Waals surface area contributed by atoms with Crippen LogP contribution in [0.15, 0.2) is 46.8 Å². The van der Waals surface area contributed by atoms with Gasteiger partial charge in [-0.3, -0.25) is 0 Å². The third-order valence-corrected chi connectivity index (χ3v) is 6.67. The van der Waals surface area contributed by atoms with Crippen LogP contribution in [0.25, 0.3) is 0 Å². The van der Waals surface area contributed by atoms with Gasteiger partial charge in [-0.15, -0.1) is 0 Å². The second kappa shape index (κ2) is 8.01. The van der Waals surface area contributed by atoms with Gasteiger partial charge in [0, 0.05) is 37.4 Å². The van der Waals surface area contributed by atoms with E-state index in [1.807, 2.05) is 12.2 Å². The molecule has 0 heterocycles. The predicted molar refractivity (Wildman–Crippen MR) is 108 cm³/mol. The molecule has 0 aliphatic heterocycles. The van der Waals surface area contributed by atoms with Crippen molar-refractivity contribution in [1.29, 1.82) is 0 Å². The lowest BCUT2D eigenvalue weighted by molar-refractivity contribution is -0.0317. The fourth-order valence-corrected chi connectivity index (χ4v) is 5.18. The molecule has 0 aromatic heterocycles. The summed E-state index contributed by atoms with van der Waals surface area (Å²) in [7, 11) is 3.54. The van der Waals surface area contributed by atoms with E-state index in [2.05, 4.69) is 39.8 Å². The fraction of sp³-hybridized carbons (Fsp3) is 0.636. The predicted octanol–water partition coefficient (Wildman–Crippen LogP) is 4.19. The molecule has 0 saturated heterocycles. The van der Waals surface area contributed by atoms with Gasteiger partial charge in [0.15, 0.2) is 0 Å². The van der Waals surface area contributed by atoms with Crippen LogP contribution >= 0.6 is 0 Å². The molecular formula is C22H36N2O2. The van der Waals surface area contributed by atoms with Crippen molar-refractivity contribution in [1.82, 2.24) is 0 Å². The second-order valence-corrected chi connectivity index (χ2v) is 7.30. The highest BCUT2D eigenvalue weighted by molar-refractivity contribution is 5.51. The summed E-state index contributed by atoms with van der Waals surface area (Å²) >= 11 is 0. The van der Waals surface area contributed by atoms with Crippen molar-refractivity contribution in [2.45, 2.75) is 64.6 Å². The highest BCUT2D eigenvalue weighted by Gasteiger charge is 2.48. The van der Waals surface area contributed by atoms with Crippen LogP contribution in [0, 0.1) is 11.8 Å². The van der Waals surface area contributed by atoms with Gasteiger partial charge in [-0.05, 0) is 49.0 Å². The van der Waals surface area contributed by atoms with E-state index in [0.29, 0.717) is 0 Å². The lowest BCUT2D eigenvalue weighted by atomic mass is 9.64. The van der Waals surface area contributed by atoms with Crippen molar-refractivity contribution < 1.29 is 9.47 Å². The van der Waals surface area contributed by atoms with Crippen LogP contribution in [-0.2, 0) is 9.47 Å². The largest absolute Gasteiger partial charge is 0.400 e. The Balaban J connectivity index is 2.62. The van der Waals surface area contributed by atoms with Gasteiger partial charge < -0.3 is 20.9 Å². The Labute approximate surface area is 159 Å². The van der Waals surface area contributed by atoms with E-state index in [0.717, 1.165) is 37.1 Å². The first-order valence-corrected chi connectivity index (χ1v) is 9.88. The summed E-state index contributed by atoms with van der Waals surface area (Å²) in [4.78, 5) is 0. The van der Waals surface area contributed by atoms with Crippen molar-refractivity contribution in [2.75, 3.05) is 14.2 Å². The molecular weight excluding hydrogens is 324 g/mol. The van der Waals surface area contributed by atoms with Gasteiger partial charge in [0.05, 0.1) is 0 Å². The summed E-state index contributed by atoms with van der Waals surface area (Å²) in [6.07, 6.45) is 12.0. The maximum absolute atomic E-state index is 6.40. The average Bonchev–Trinajstić information content (AvgIpc) is 2.67. The van der Waals surface area contributed by atoms with Crippen LogP contribution in [0.2, 0.25) is 0 Å². The lowest BCUT2D eigenvalue weighted by Gasteiger charge is -2.47. The third-order valence-electron chi connectivity index (χ3n) is 6.67. The zero-order chi connectivity index (χ0) is 19.5. The molecule has 4 unspecified atom stereocenters. The maximum Gasteiger partial charge on any atom is 0.113 e. The average molecular weight is 361 g/mol. The summed E-state index contributed by atoms with van der Waals surface area (Å²) in [6, 6.07) is 0. The summed E-state index contributed by atoms with van der Waals surface area (Å²) in [5.74, 6) is 0.420. The third kappa shape index (κ3) is 2.84. The van der Waals surface area contributed by atoms with Crippen LogP contribution in [0.1, 0.15) is 53.4 Å². The molecule has 0 bridgehead atoms. The molecule has 2 aliphatic rings. The SMILES string of the molecule is CCC1C(C2=CC=C(N)C(CC)(OC)C2CC)=CC=C(N)C1(CC)OC. The summed E-state index contributed by atoms with van der Waals surface area (Å²) in [5, 5.41) is 0. The van der Waals surface area contributed by atoms with E-state index < -0.39 is 11.2 Å². The van der Waals surface area contributed by atoms with Crippen molar-refractivity contribution in [3.05, 3.63) is 46.8 Å². The number of rotatable bonds is 7. The lowest BCUT2D eigenvalue weighted by Crippen LogP contribution is -2.50. The van der Waals surface area contributed by atoms with Crippen molar-refractivity contribution in [3.63, 3.8) is 0 Å².